The zero-order chi connectivity index (χ0) is 17.2. The second-order valence-electron chi connectivity index (χ2n) is 6.10. The molecule has 1 saturated heterocycles. The quantitative estimate of drug-likeness (QED) is 0.863. The third-order valence-corrected chi connectivity index (χ3v) is 6.36. The summed E-state index contributed by atoms with van der Waals surface area (Å²) in [6.45, 7) is 2.73. The molecule has 0 spiro atoms. The van der Waals surface area contributed by atoms with Crippen molar-refractivity contribution < 1.29 is 22.7 Å². The van der Waals surface area contributed by atoms with E-state index in [1.165, 1.54) is 0 Å². The molecule has 1 atom stereocenters. The van der Waals surface area contributed by atoms with Crippen molar-refractivity contribution in [3.63, 3.8) is 0 Å². The van der Waals surface area contributed by atoms with Gasteiger partial charge in [-0.3, -0.25) is 4.79 Å². The zero-order valence-corrected chi connectivity index (χ0v) is 14.5. The molecule has 2 heterocycles. The summed E-state index contributed by atoms with van der Waals surface area (Å²) >= 11 is 0. The predicted octanol–water partition coefficient (Wildman–Crippen LogP) is 1.35. The molecular weight excluding hydrogens is 332 g/mol. The summed E-state index contributed by atoms with van der Waals surface area (Å²) in [5.74, 6) is 0.717. The molecule has 3 rings (SSSR count). The van der Waals surface area contributed by atoms with E-state index in [-0.39, 0.29) is 31.0 Å². The van der Waals surface area contributed by atoms with Crippen LogP contribution in [-0.2, 0) is 10.0 Å². The van der Waals surface area contributed by atoms with E-state index in [2.05, 4.69) is 5.32 Å². The van der Waals surface area contributed by atoms with Crippen LogP contribution in [0.4, 0.5) is 0 Å². The van der Waals surface area contributed by atoms with Crippen molar-refractivity contribution in [2.45, 2.75) is 32.2 Å². The second-order valence-corrected chi connectivity index (χ2v) is 8.14. The first-order valence-corrected chi connectivity index (χ1v) is 9.76. The Bertz CT molecular complexity index is 719. The highest BCUT2D eigenvalue weighted by molar-refractivity contribution is 7.89. The van der Waals surface area contributed by atoms with Crippen molar-refractivity contribution in [2.24, 2.45) is 0 Å². The number of amides is 1. The standard InChI is InChI=1S/C16H22N2O5S/c1-12-4-2-3-8-18(12)24(20,21)9-7-17-16(19)13-5-6-14-15(10-13)23-11-22-14/h5-6,10,12H,2-4,7-9,11H2,1H3,(H,17,19)/t12-/m0/s1. The topological polar surface area (TPSA) is 84.9 Å². The molecule has 1 aromatic rings. The van der Waals surface area contributed by atoms with Crippen molar-refractivity contribution in [3.05, 3.63) is 23.8 Å². The van der Waals surface area contributed by atoms with Gasteiger partial charge in [0.2, 0.25) is 16.8 Å². The van der Waals surface area contributed by atoms with Crippen molar-refractivity contribution >= 4 is 15.9 Å². The molecule has 1 amide bonds. The molecule has 0 unspecified atom stereocenters. The number of hydrogen-bond donors (Lipinski definition) is 1. The minimum absolute atomic E-state index is 0.0355. The molecule has 7 nitrogen and oxygen atoms in total. The lowest BCUT2D eigenvalue weighted by atomic mass is 10.1. The van der Waals surface area contributed by atoms with Gasteiger partial charge in [0, 0.05) is 24.7 Å². The lowest BCUT2D eigenvalue weighted by Crippen LogP contribution is -2.45. The van der Waals surface area contributed by atoms with E-state index < -0.39 is 10.0 Å². The number of piperidine rings is 1. The summed E-state index contributed by atoms with van der Waals surface area (Å²) in [7, 11) is -3.35. The molecule has 24 heavy (non-hydrogen) atoms. The maximum absolute atomic E-state index is 12.4. The summed E-state index contributed by atoms with van der Waals surface area (Å²) in [5.41, 5.74) is 0.419. The summed E-state index contributed by atoms with van der Waals surface area (Å²) in [4.78, 5) is 12.2. The molecule has 0 bridgehead atoms. The van der Waals surface area contributed by atoms with Gasteiger partial charge in [-0.25, -0.2) is 8.42 Å². The number of carbonyl (C=O) groups is 1. The number of nitrogens with one attached hydrogen (secondary N) is 1. The highest BCUT2D eigenvalue weighted by Gasteiger charge is 2.29. The molecule has 1 N–H and O–H groups in total. The number of hydrogen-bond acceptors (Lipinski definition) is 5. The Morgan fingerprint density at radius 2 is 2.08 bits per heavy atom. The Hall–Kier alpha value is -1.80. The number of rotatable bonds is 5. The molecule has 1 aromatic carbocycles. The van der Waals surface area contributed by atoms with Crippen LogP contribution in [0.1, 0.15) is 36.5 Å². The Morgan fingerprint density at radius 3 is 2.88 bits per heavy atom. The number of ether oxygens (including phenoxy) is 2. The summed E-state index contributed by atoms with van der Waals surface area (Å²) in [5, 5.41) is 2.66. The number of fused-ring (bicyclic) bond motifs is 1. The molecular formula is C16H22N2O5S. The van der Waals surface area contributed by atoms with E-state index in [0.29, 0.717) is 23.6 Å². The van der Waals surface area contributed by atoms with Gasteiger partial charge in [0.25, 0.3) is 5.91 Å². The Morgan fingerprint density at radius 1 is 1.29 bits per heavy atom. The fraction of sp³-hybridized carbons (Fsp3) is 0.562. The van der Waals surface area contributed by atoms with Gasteiger partial charge in [0.05, 0.1) is 5.75 Å². The van der Waals surface area contributed by atoms with E-state index in [1.54, 1.807) is 22.5 Å². The van der Waals surface area contributed by atoms with E-state index in [4.69, 9.17) is 9.47 Å². The average molecular weight is 354 g/mol. The van der Waals surface area contributed by atoms with Crippen molar-refractivity contribution in [1.29, 1.82) is 0 Å². The molecule has 0 aromatic heterocycles. The summed E-state index contributed by atoms with van der Waals surface area (Å²) < 4.78 is 36.8. The van der Waals surface area contributed by atoms with Gasteiger partial charge in [-0.15, -0.1) is 0 Å². The molecule has 1 fully saturated rings. The fourth-order valence-corrected chi connectivity index (χ4v) is 4.69. The van der Waals surface area contributed by atoms with Crippen LogP contribution in [0.3, 0.4) is 0 Å². The molecule has 0 radical (unpaired) electrons. The number of nitrogens with zero attached hydrogens (tertiary/aromatic N) is 1. The Kier molecular flexibility index (Phi) is 4.96. The van der Waals surface area contributed by atoms with E-state index in [1.807, 2.05) is 6.92 Å². The normalized spacial score (nSPS) is 20.8. The first kappa shape index (κ1) is 17.0. The average Bonchev–Trinajstić information content (AvgIpc) is 3.02. The maximum atomic E-state index is 12.4. The number of sulfonamides is 1. The van der Waals surface area contributed by atoms with Crippen LogP contribution < -0.4 is 14.8 Å². The van der Waals surface area contributed by atoms with Crippen LogP contribution in [0.25, 0.3) is 0 Å². The zero-order valence-electron chi connectivity index (χ0n) is 13.7. The van der Waals surface area contributed by atoms with Crippen LogP contribution in [0.15, 0.2) is 18.2 Å². The molecule has 8 heteroatoms. The van der Waals surface area contributed by atoms with Gasteiger partial charge in [0.1, 0.15) is 0 Å². The lowest BCUT2D eigenvalue weighted by molar-refractivity contribution is 0.0955. The first-order chi connectivity index (χ1) is 11.5. The largest absolute Gasteiger partial charge is 0.454 e. The van der Waals surface area contributed by atoms with Gasteiger partial charge >= 0.3 is 0 Å². The lowest BCUT2D eigenvalue weighted by Gasteiger charge is -2.32. The van der Waals surface area contributed by atoms with Gasteiger partial charge in [0.15, 0.2) is 11.5 Å². The minimum Gasteiger partial charge on any atom is -0.454 e. The molecule has 2 aliphatic rings. The van der Waals surface area contributed by atoms with Crippen LogP contribution in [0.2, 0.25) is 0 Å². The SMILES string of the molecule is C[C@H]1CCCCN1S(=O)(=O)CCNC(=O)c1ccc2c(c1)OCO2. The number of benzene rings is 1. The summed E-state index contributed by atoms with van der Waals surface area (Å²) in [6.07, 6.45) is 2.85. The Labute approximate surface area is 142 Å². The summed E-state index contributed by atoms with van der Waals surface area (Å²) in [6, 6.07) is 4.93. The van der Waals surface area contributed by atoms with Gasteiger partial charge in [-0.05, 0) is 38.0 Å². The predicted molar refractivity (Wildman–Crippen MR) is 88.7 cm³/mol. The second kappa shape index (κ2) is 6.98. The third-order valence-electron chi connectivity index (χ3n) is 4.38. The third kappa shape index (κ3) is 3.64. The van der Waals surface area contributed by atoms with E-state index in [9.17, 15) is 13.2 Å². The minimum atomic E-state index is -3.35. The molecule has 0 saturated carbocycles. The molecule has 132 valence electrons. The van der Waals surface area contributed by atoms with Crippen molar-refractivity contribution in [3.8, 4) is 11.5 Å². The monoisotopic (exact) mass is 354 g/mol. The first-order valence-electron chi connectivity index (χ1n) is 8.15. The fourth-order valence-electron chi connectivity index (χ4n) is 3.04. The van der Waals surface area contributed by atoms with Crippen LogP contribution in [-0.4, -0.2) is 50.3 Å². The maximum Gasteiger partial charge on any atom is 0.251 e. The van der Waals surface area contributed by atoms with Crippen LogP contribution >= 0.6 is 0 Å². The van der Waals surface area contributed by atoms with Crippen LogP contribution in [0.5, 0.6) is 11.5 Å². The highest BCUT2D eigenvalue weighted by atomic mass is 32.2. The van der Waals surface area contributed by atoms with Crippen LogP contribution in [0, 0.1) is 0 Å². The van der Waals surface area contributed by atoms with E-state index >= 15 is 0 Å². The van der Waals surface area contributed by atoms with E-state index in [0.717, 1.165) is 19.3 Å². The van der Waals surface area contributed by atoms with Crippen molar-refractivity contribution in [2.75, 3.05) is 25.6 Å². The Balaban J connectivity index is 1.55. The molecule has 2 aliphatic heterocycles. The smallest absolute Gasteiger partial charge is 0.251 e. The van der Waals surface area contributed by atoms with Crippen molar-refractivity contribution in [1.82, 2.24) is 9.62 Å². The van der Waals surface area contributed by atoms with Gasteiger partial charge in [-0.1, -0.05) is 6.42 Å². The molecule has 0 aliphatic carbocycles. The number of carbonyl (C=O) groups excluding carboxylic acids is 1. The highest BCUT2D eigenvalue weighted by Crippen LogP contribution is 2.32. The van der Waals surface area contributed by atoms with Gasteiger partial charge < -0.3 is 14.8 Å². The van der Waals surface area contributed by atoms with Gasteiger partial charge in [-0.2, -0.15) is 4.31 Å².